The van der Waals surface area contributed by atoms with Gasteiger partial charge < -0.3 is 5.32 Å². The number of hydrogen-bond acceptors (Lipinski definition) is 3. The van der Waals surface area contributed by atoms with Gasteiger partial charge >= 0.3 is 0 Å². The molecule has 2 saturated heterocycles. The molecule has 4 nitrogen and oxygen atoms in total. The molecular weight excluding hydrogens is 386 g/mol. The zero-order chi connectivity index (χ0) is 16.1. The van der Waals surface area contributed by atoms with E-state index in [1.54, 1.807) is 7.05 Å². The van der Waals surface area contributed by atoms with E-state index in [1.165, 1.54) is 4.31 Å². The molecule has 9 heteroatoms. The maximum absolute atomic E-state index is 13.3. The summed E-state index contributed by atoms with van der Waals surface area (Å²) in [4.78, 5) is -0.217. The van der Waals surface area contributed by atoms with Gasteiger partial charge in [0.1, 0.15) is 10.7 Å². The van der Waals surface area contributed by atoms with E-state index >= 15 is 0 Å². The highest BCUT2D eigenvalue weighted by Gasteiger charge is 2.39. The van der Waals surface area contributed by atoms with Gasteiger partial charge in [-0.15, -0.1) is 12.4 Å². The number of halogens is 4. The van der Waals surface area contributed by atoms with Crippen LogP contribution in [0.5, 0.6) is 0 Å². The van der Waals surface area contributed by atoms with Crippen molar-refractivity contribution in [1.82, 2.24) is 9.62 Å². The van der Waals surface area contributed by atoms with Crippen LogP contribution in [0.15, 0.2) is 17.0 Å². The van der Waals surface area contributed by atoms with Crippen LogP contribution in [0.4, 0.5) is 4.39 Å². The van der Waals surface area contributed by atoms with Gasteiger partial charge in [-0.25, -0.2) is 12.8 Å². The van der Waals surface area contributed by atoms with Gasteiger partial charge in [-0.2, -0.15) is 4.31 Å². The van der Waals surface area contributed by atoms with Crippen LogP contribution in [-0.2, 0) is 10.0 Å². The predicted molar refractivity (Wildman–Crippen MR) is 91.6 cm³/mol. The summed E-state index contributed by atoms with van der Waals surface area (Å²) in [6.07, 6.45) is 3.69. The van der Waals surface area contributed by atoms with Crippen molar-refractivity contribution in [3.05, 3.63) is 28.0 Å². The van der Waals surface area contributed by atoms with Crippen molar-refractivity contribution in [3.8, 4) is 0 Å². The molecule has 2 atom stereocenters. The molecule has 2 heterocycles. The van der Waals surface area contributed by atoms with E-state index in [4.69, 9.17) is 23.2 Å². The van der Waals surface area contributed by atoms with Gasteiger partial charge in [-0.3, -0.25) is 0 Å². The number of benzene rings is 1. The molecule has 1 aromatic rings. The Morgan fingerprint density at radius 2 is 1.65 bits per heavy atom. The maximum atomic E-state index is 13.3. The van der Waals surface area contributed by atoms with Crippen LogP contribution in [0, 0.1) is 5.82 Å². The average molecular weight is 404 g/mol. The first kappa shape index (κ1) is 19.2. The molecule has 0 radical (unpaired) electrons. The molecule has 0 amide bonds. The Balaban J connectivity index is 0.00000192. The summed E-state index contributed by atoms with van der Waals surface area (Å²) in [5, 5.41) is 3.10. The van der Waals surface area contributed by atoms with Crippen LogP contribution >= 0.6 is 35.6 Å². The van der Waals surface area contributed by atoms with Crippen molar-refractivity contribution in [3.63, 3.8) is 0 Å². The standard InChI is InChI=1S/C14H17Cl2FN2O2S.ClH/c1-19(11-6-9-2-3-10(7-11)18-9)22(20,21)14-12(15)4-8(17)5-13(14)16;/h4-5,9-11,18H,2-3,6-7H2,1H3;1H. The van der Waals surface area contributed by atoms with Gasteiger partial charge in [0.25, 0.3) is 0 Å². The monoisotopic (exact) mass is 402 g/mol. The summed E-state index contributed by atoms with van der Waals surface area (Å²) >= 11 is 11.9. The average Bonchev–Trinajstić information content (AvgIpc) is 2.75. The van der Waals surface area contributed by atoms with E-state index < -0.39 is 15.8 Å². The minimum absolute atomic E-state index is 0. The number of hydrogen-bond donors (Lipinski definition) is 1. The third kappa shape index (κ3) is 3.62. The fraction of sp³-hybridized carbons (Fsp3) is 0.571. The van der Waals surface area contributed by atoms with Crippen LogP contribution in [0.25, 0.3) is 0 Å². The minimum Gasteiger partial charge on any atom is -0.311 e. The molecule has 2 aliphatic heterocycles. The Labute approximate surface area is 151 Å². The van der Waals surface area contributed by atoms with Crippen molar-refractivity contribution in [2.45, 2.75) is 48.7 Å². The molecule has 0 aliphatic carbocycles. The molecular formula is C14H18Cl3FN2O2S. The van der Waals surface area contributed by atoms with Crippen LogP contribution in [-0.4, -0.2) is 37.9 Å². The number of rotatable bonds is 3. The van der Waals surface area contributed by atoms with Crippen molar-refractivity contribution in [2.24, 2.45) is 0 Å². The topological polar surface area (TPSA) is 49.4 Å². The summed E-state index contributed by atoms with van der Waals surface area (Å²) in [5.74, 6) is -0.656. The maximum Gasteiger partial charge on any atom is 0.246 e. The van der Waals surface area contributed by atoms with Crippen LogP contribution in [0.1, 0.15) is 25.7 Å². The summed E-state index contributed by atoms with van der Waals surface area (Å²) in [7, 11) is -2.32. The molecule has 0 spiro atoms. The van der Waals surface area contributed by atoms with E-state index in [-0.39, 0.29) is 33.4 Å². The molecule has 1 aromatic carbocycles. The second-order valence-corrected chi connectivity index (χ2v) is 8.73. The van der Waals surface area contributed by atoms with E-state index in [9.17, 15) is 12.8 Å². The van der Waals surface area contributed by atoms with E-state index in [2.05, 4.69) is 5.32 Å². The Morgan fingerprint density at radius 3 is 2.13 bits per heavy atom. The van der Waals surface area contributed by atoms with Crippen LogP contribution in [0.3, 0.4) is 0 Å². The number of nitrogens with one attached hydrogen (secondary N) is 1. The highest BCUT2D eigenvalue weighted by Crippen LogP contribution is 2.36. The Hall–Kier alpha value is -0.110. The molecule has 130 valence electrons. The van der Waals surface area contributed by atoms with E-state index in [0.29, 0.717) is 12.1 Å². The molecule has 0 saturated carbocycles. The van der Waals surface area contributed by atoms with E-state index in [1.807, 2.05) is 0 Å². The molecule has 2 unspecified atom stereocenters. The second-order valence-electron chi connectivity index (χ2n) is 5.98. The van der Waals surface area contributed by atoms with Crippen molar-refractivity contribution in [2.75, 3.05) is 7.05 Å². The SMILES string of the molecule is CN(C1CC2CCC(C1)N2)S(=O)(=O)c1c(Cl)cc(F)cc1Cl.Cl. The fourth-order valence-corrected chi connectivity index (χ4v) is 5.95. The fourth-order valence-electron chi connectivity index (χ4n) is 3.44. The highest BCUT2D eigenvalue weighted by atomic mass is 35.5. The first-order valence-electron chi connectivity index (χ1n) is 7.17. The lowest BCUT2D eigenvalue weighted by Gasteiger charge is -2.35. The lowest BCUT2D eigenvalue weighted by atomic mass is 10.0. The zero-order valence-corrected chi connectivity index (χ0v) is 15.6. The highest BCUT2D eigenvalue weighted by molar-refractivity contribution is 7.89. The lowest BCUT2D eigenvalue weighted by Crippen LogP contribution is -2.48. The molecule has 0 aromatic heterocycles. The van der Waals surface area contributed by atoms with Gasteiger partial charge in [-0.1, -0.05) is 23.2 Å². The normalized spacial score (nSPS) is 27.1. The van der Waals surface area contributed by atoms with Gasteiger partial charge in [0.05, 0.1) is 10.0 Å². The number of nitrogens with zero attached hydrogens (tertiary/aromatic N) is 1. The van der Waals surface area contributed by atoms with Gasteiger partial charge in [0, 0.05) is 25.2 Å². The van der Waals surface area contributed by atoms with Gasteiger partial charge in [0.2, 0.25) is 10.0 Å². The predicted octanol–water partition coefficient (Wildman–Crippen LogP) is 3.46. The molecule has 23 heavy (non-hydrogen) atoms. The van der Waals surface area contributed by atoms with E-state index in [0.717, 1.165) is 37.8 Å². The van der Waals surface area contributed by atoms with Gasteiger partial charge in [0.15, 0.2) is 0 Å². The summed E-state index contributed by atoms with van der Waals surface area (Å²) in [6.45, 7) is 0. The number of fused-ring (bicyclic) bond motifs is 2. The summed E-state index contributed by atoms with van der Waals surface area (Å²) in [6, 6.07) is 2.57. The first-order valence-corrected chi connectivity index (χ1v) is 9.37. The zero-order valence-electron chi connectivity index (χ0n) is 12.4. The molecule has 1 N–H and O–H groups in total. The number of piperidine rings is 1. The molecule has 2 aliphatic rings. The largest absolute Gasteiger partial charge is 0.311 e. The first-order chi connectivity index (χ1) is 10.3. The Bertz CT molecular complexity index is 666. The smallest absolute Gasteiger partial charge is 0.246 e. The van der Waals surface area contributed by atoms with Gasteiger partial charge in [-0.05, 0) is 37.8 Å². The van der Waals surface area contributed by atoms with Crippen LogP contribution in [0.2, 0.25) is 10.0 Å². The number of sulfonamides is 1. The third-order valence-electron chi connectivity index (χ3n) is 4.56. The van der Waals surface area contributed by atoms with Crippen molar-refractivity contribution < 1.29 is 12.8 Å². The summed E-state index contributed by atoms with van der Waals surface area (Å²) in [5.41, 5.74) is 0. The molecule has 3 rings (SSSR count). The second kappa shape index (κ2) is 7.02. The summed E-state index contributed by atoms with van der Waals surface area (Å²) < 4.78 is 40.3. The lowest BCUT2D eigenvalue weighted by molar-refractivity contribution is 0.251. The van der Waals surface area contributed by atoms with Crippen molar-refractivity contribution in [1.29, 1.82) is 0 Å². The molecule has 2 fully saturated rings. The third-order valence-corrected chi connectivity index (χ3v) is 7.39. The molecule has 2 bridgehead atoms. The Morgan fingerprint density at radius 1 is 1.17 bits per heavy atom. The Kier molecular flexibility index (Phi) is 5.87. The van der Waals surface area contributed by atoms with Crippen molar-refractivity contribution >= 4 is 45.6 Å². The minimum atomic E-state index is -3.86. The quantitative estimate of drug-likeness (QED) is 0.841. The van der Waals surface area contributed by atoms with Crippen LogP contribution < -0.4 is 5.32 Å².